The van der Waals surface area contributed by atoms with E-state index in [0.29, 0.717) is 6.54 Å². The minimum absolute atomic E-state index is 0.0710. The van der Waals surface area contributed by atoms with Gasteiger partial charge in [-0.3, -0.25) is 4.79 Å². The van der Waals surface area contributed by atoms with Gasteiger partial charge in [0.05, 0.1) is 17.1 Å². The molecule has 2 aromatic rings. The molecule has 0 radical (unpaired) electrons. The van der Waals surface area contributed by atoms with Gasteiger partial charge in [0.1, 0.15) is 5.82 Å². The molecular weight excluding hydrogens is 248 g/mol. The largest absolute Gasteiger partial charge is 0.344 e. The molecule has 96 valence electrons. The van der Waals surface area contributed by atoms with Crippen LogP contribution in [0.4, 0.5) is 5.13 Å². The van der Waals surface area contributed by atoms with Crippen molar-refractivity contribution in [1.29, 1.82) is 0 Å². The number of Topliss-reactive ketones (excluding diaryl/α,β-unsaturated/α-hetero) is 1. The molecule has 0 saturated carbocycles. The number of hydrogen-bond donors (Lipinski definition) is 0. The number of carbonyl (C=O) groups is 1. The summed E-state index contributed by atoms with van der Waals surface area (Å²) in [4.78, 5) is 22.9. The Labute approximate surface area is 110 Å². The maximum atomic E-state index is 11.4. The van der Waals surface area contributed by atoms with Crippen LogP contribution in [0.2, 0.25) is 0 Å². The first kappa shape index (κ1) is 12.8. The Hall–Kier alpha value is -1.69. The Balaban J connectivity index is 2.19. The van der Waals surface area contributed by atoms with Gasteiger partial charge < -0.3 is 9.47 Å². The van der Waals surface area contributed by atoms with Crippen molar-refractivity contribution in [3.05, 3.63) is 28.8 Å². The molecule has 0 aromatic carbocycles. The molecule has 6 heteroatoms. The fourth-order valence-corrected chi connectivity index (χ4v) is 2.62. The van der Waals surface area contributed by atoms with Crippen LogP contribution in [0.5, 0.6) is 0 Å². The first-order chi connectivity index (χ1) is 8.49. The van der Waals surface area contributed by atoms with Gasteiger partial charge in [0.2, 0.25) is 0 Å². The number of nitrogens with zero attached hydrogens (tertiary/aromatic N) is 4. The lowest BCUT2D eigenvalue weighted by molar-refractivity contribution is 0.102. The molecule has 0 unspecified atom stereocenters. The van der Waals surface area contributed by atoms with Gasteiger partial charge in [-0.1, -0.05) is 11.3 Å². The van der Waals surface area contributed by atoms with E-state index in [1.165, 1.54) is 11.3 Å². The van der Waals surface area contributed by atoms with E-state index in [4.69, 9.17) is 0 Å². The van der Waals surface area contributed by atoms with Gasteiger partial charge in [-0.2, -0.15) is 0 Å². The molecule has 0 aliphatic heterocycles. The number of rotatable bonds is 4. The second-order valence-corrected chi connectivity index (χ2v) is 5.26. The van der Waals surface area contributed by atoms with Gasteiger partial charge in [0.15, 0.2) is 10.9 Å². The number of ketones is 1. The zero-order valence-corrected chi connectivity index (χ0v) is 11.8. The second kappa shape index (κ2) is 4.89. The van der Waals surface area contributed by atoms with E-state index in [1.807, 2.05) is 36.7 Å². The predicted molar refractivity (Wildman–Crippen MR) is 72.2 cm³/mol. The van der Waals surface area contributed by atoms with Crippen LogP contribution in [0.25, 0.3) is 0 Å². The monoisotopic (exact) mass is 264 g/mol. The highest BCUT2D eigenvalue weighted by atomic mass is 32.1. The van der Waals surface area contributed by atoms with E-state index in [9.17, 15) is 4.79 Å². The van der Waals surface area contributed by atoms with Crippen LogP contribution in [0.3, 0.4) is 0 Å². The Morgan fingerprint density at radius 3 is 2.78 bits per heavy atom. The maximum absolute atomic E-state index is 11.4. The molecule has 2 heterocycles. The quantitative estimate of drug-likeness (QED) is 0.793. The predicted octanol–water partition coefficient (Wildman–Crippen LogP) is 2.02. The van der Waals surface area contributed by atoms with Crippen molar-refractivity contribution in [2.75, 3.05) is 11.9 Å². The van der Waals surface area contributed by atoms with Gasteiger partial charge in [-0.25, -0.2) is 9.97 Å². The van der Waals surface area contributed by atoms with Gasteiger partial charge in [0.25, 0.3) is 0 Å². The van der Waals surface area contributed by atoms with E-state index in [0.717, 1.165) is 21.5 Å². The number of aryl methyl sites for hydroxylation is 2. The van der Waals surface area contributed by atoms with Crippen molar-refractivity contribution in [3.63, 3.8) is 0 Å². The van der Waals surface area contributed by atoms with E-state index < -0.39 is 0 Å². The van der Waals surface area contributed by atoms with Crippen LogP contribution in [0.15, 0.2) is 12.4 Å². The first-order valence-corrected chi connectivity index (χ1v) is 6.46. The van der Waals surface area contributed by atoms with Gasteiger partial charge in [0, 0.05) is 33.4 Å². The average molecular weight is 264 g/mol. The Kier molecular flexibility index (Phi) is 3.47. The van der Waals surface area contributed by atoms with E-state index in [-0.39, 0.29) is 5.78 Å². The normalized spacial score (nSPS) is 10.7. The summed E-state index contributed by atoms with van der Waals surface area (Å²) < 4.78 is 1.98. The van der Waals surface area contributed by atoms with E-state index in [2.05, 4.69) is 9.97 Å². The van der Waals surface area contributed by atoms with Crippen molar-refractivity contribution in [3.8, 4) is 0 Å². The number of thiazole rings is 1. The first-order valence-electron chi connectivity index (χ1n) is 5.64. The molecule has 0 amide bonds. The van der Waals surface area contributed by atoms with Crippen molar-refractivity contribution in [2.45, 2.75) is 20.4 Å². The third kappa shape index (κ3) is 2.43. The molecule has 5 nitrogen and oxygen atoms in total. The number of imidazole rings is 1. The molecule has 0 N–H and O–H groups in total. The van der Waals surface area contributed by atoms with E-state index in [1.54, 1.807) is 13.1 Å². The van der Waals surface area contributed by atoms with Crippen LogP contribution in [0.1, 0.15) is 28.1 Å². The summed E-state index contributed by atoms with van der Waals surface area (Å²) in [6.07, 6.45) is 3.69. The smallest absolute Gasteiger partial charge is 0.186 e. The van der Waals surface area contributed by atoms with Crippen LogP contribution < -0.4 is 4.90 Å². The van der Waals surface area contributed by atoms with Crippen molar-refractivity contribution >= 4 is 22.3 Å². The third-order valence-electron chi connectivity index (χ3n) is 2.73. The van der Waals surface area contributed by atoms with Gasteiger partial charge in [-0.05, 0) is 6.92 Å². The number of hydrogen-bond acceptors (Lipinski definition) is 5. The third-order valence-corrected chi connectivity index (χ3v) is 4.10. The van der Waals surface area contributed by atoms with Crippen molar-refractivity contribution in [2.24, 2.45) is 7.05 Å². The topological polar surface area (TPSA) is 51.0 Å². The molecule has 2 rings (SSSR count). The summed E-state index contributed by atoms with van der Waals surface area (Å²) in [5.74, 6) is 1.04. The number of carbonyl (C=O) groups excluding carboxylic acids is 1. The zero-order chi connectivity index (χ0) is 13.3. The molecule has 0 bridgehead atoms. The SMILES string of the molecule is CC(=O)c1sc(N(C)Cc2nccn2C)nc1C. The summed E-state index contributed by atoms with van der Waals surface area (Å²) in [5.41, 5.74) is 0.800. The lowest BCUT2D eigenvalue weighted by Gasteiger charge is -2.14. The summed E-state index contributed by atoms with van der Waals surface area (Å²) in [6.45, 7) is 4.11. The lowest BCUT2D eigenvalue weighted by atomic mass is 10.3. The second-order valence-electron chi connectivity index (χ2n) is 4.28. The van der Waals surface area contributed by atoms with Crippen LogP contribution >= 0.6 is 11.3 Å². The Bertz CT molecular complexity index is 572. The van der Waals surface area contributed by atoms with Gasteiger partial charge >= 0.3 is 0 Å². The lowest BCUT2D eigenvalue weighted by Crippen LogP contribution is -2.18. The minimum atomic E-state index is 0.0710. The van der Waals surface area contributed by atoms with Crippen molar-refractivity contribution in [1.82, 2.24) is 14.5 Å². The zero-order valence-electron chi connectivity index (χ0n) is 11.0. The molecule has 0 saturated heterocycles. The summed E-state index contributed by atoms with van der Waals surface area (Å²) >= 11 is 1.43. The van der Waals surface area contributed by atoms with Crippen LogP contribution in [0, 0.1) is 6.92 Å². The Morgan fingerprint density at radius 1 is 1.56 bits per heavy atom. The number of anilines is 1. The fraction of sp³-hybridized carbons (Fsp3) is 0.417. The fourth-order valence-electron chi connectivity index (χ4n) is 1.70. The molecule has 18 heavy (non-hydrogen) atoms. The van der Waals surface area contributed by atoms with Crippen molar-refractivity contribution < 1.29 is 4.79 Å². The molecule has 0 spiro atoms. The number of aromatic nitrogens is 3. The molecule has 0 aliphatic carbocycles. The highest BCUT2D eigenvalue weighted by Crippen LogP contribution is 2.26. The van der Waals surface area contributed by atoms with Crippen LogP contribution in [-0.4, -0.2) is 27.4 Å². The summed E-state index contributed by atoms with van der Waals surface area (Å²) in [5, 5.41) is 0.848. The standard InChI is InChI=1S/C12H16N4OS/c1-8-11(9(2)17)18-12(14-8)16(4)7-10-13-5-6-15(10)3/h5-6H,7H2,1-4H3. The maximum Gasteiger partial charge on any atom is 0.186 e. The minimum Gasteiger partial charge on any atom is -0.344 e. The molecule has 2 aromatic heterocycles. The average Bonchev–Trinajstić information content (AvgIpc) is 2.86. The van der Waals surface area contributed by atoms with Crippen LogP contribution in [-0.2, 0) is 13.6 Å². The summed E-state index contributed by atoms with van der Waals surface area (Å²) in [6, 6.07) is 0. The molecule has 0 fully saturated rings. The van der Waals surface area contributed by atoms with Gasteiger partial charge in [-0.15, -0.1) is 0 Å². The molecule has 0 atom stereocenters. The molecular formula is C12H16N4OS. The highest BCUT2D eigenvalue weighted by molar-refractivity contribution is 7.17. The Morgan fingerprint density at radius 2 is 2.28 bits per heavy atom. The summed E-state index contributed by atoms with van der Waals surface area (Å²) in [7, 11) is 3.92. The molecule has 0 aliphatic rings. The highest BCUT2D eigenvalue weighted by Gasteiger charge is 2.15. The van der Waals surface area contributed by atoms with E-state index >= 15 is 0 Å².